The van der Waals surface area contributed by atoms with Crippen LogP contribution >= 0.6 is 0 Å². The molecule has 5 heteroatoms. The fourth-order valence-electron chi connectivity index (χ4n) is 3.54. The summed E-state index contributed by atoms with van der Waals surface area (Å²) in [4.78, 5) is 28.9. The van der Waals surface area contributed by atoms with Crippen molar-refractivity contribution < 1.29 is 9.59 Å². The summed E-state index contributed by atoms with van der Waals surface area (Å²) in [6.45, 7) is 3.00. The van der Waals surface area contributed by atoms with E-state index in [4.69, 9.17) is 0 Å². The molecule has 5 nitrogen and oxygen atoms in total. The SMILES string of the molecule is O=C(CN1CCN(C(=O)c2ccccc2)CC1)Nc1ccc2ccccc2c1. The Bertz CT molecular complexity index is 979. The van der Waals surface area contributed by atoms with Gasteiger partial charge in [0.25, 0.3) is 5.91 Å². The van der Waals surface area contributed by atoms with Crippen molar-refractivity contribution in [1.82, 2.24) is 9.80 Å². The highest BCUT2D eigenvalue weighted by Crippen LogP contribution is 2.19. The molecule has 0 atom stereocenters. The molecule has 2 amide bonds. The second-order valence-corrected chi connectivity index (χ2v) is 7.04. The van der Waals surface area contributed by atoms with Crippen LogP contribution in [0.25, 0.3) is 10.8 Å². The van der Waals surface area contributed by atoms with Crippen LogP contribution in [0.4, 0.5) is 5.69 Å². The number of rotatable bonds is 4. The first-order chi connectivity index (χ1) is 13.7. The summed E-state index contributed by atoms with van der Waals surface area (Å²) in [5, 5.41) is 5.24. The van der Waals surface area contributed by atoms with Crippen LogP contribution < -0.4 is 5.32 Å². The van der Waals surface area contributed by atoms with E-state index in [2.05, 4.69) is 16.3 Å². The Morgan fingerprint density at radius 3 is 2.21 bits per heavy atom. The van der Waals surface area contributed by atoms with Crippen LogP contribution in [-0.2, 0) is 4.79 Å². The van der Waals surface area contributed by atoms with Gasteiger partial charge in [0.1, 0.15) is 0 Å². The second kappa shape index (κ2) is 8.23. The Kier molecular flexibility index (Phi) is 5.35. The number of nitrogens with zero attached hydrogens (tertiary/aromatic N) is 2. The Morgan fingerprint density at radius 2 is 1.46 bits per heavy atom. The molecule has 28 heavy (non-hydrogen) atoms. The Morgan fingerprint density at radius 1 is 0.786 bits per heavy atom. The van der Waals surface area contributed by atoms with Crippen LogP contribution in [0, 0.1) is 0 Å². The summed E-state index contributed by atoms with van der Waals surface area (Å²) >= 11 is 0. The van der Waals surface area contributed by atoms with Gasteiger partial charge < -0.3 is 10.2 Å². The number of hydrogen-bond donors (Lipinski definition) is 1. The Balaban J connectivity index is 1.29. The number of amides is 2. The van der Waals surface area contributed by atoms with Gasteiger partial charge in [-0.05, 0) is 35.0 Å². The van der Waals surface area contributed by atoms with Crippen LogP contribution in [0.15, 0.2) is 72.8 Å². The van der Waals surface area contributed by atoms with Crippen molar-refractivity contribution in [1.29, 1.82) is 0 Å². The van der Waals surface area contributed by atoms with Gasteiger partial charge in [0.2, 0.25) is 5.91 Å². The lowest BCUT2D eigenvalue weighted by Gasteiger charge is -2.34. The standard InChI is InChI=1S/C23H23N3O2/c27-22(24-21-11-10-18-6-4-5-9-20(18)16-21)17-25-12-14-26(15-13-25)23(28)19-7-2-1-3-8-19/h1-11,16H,12-15,17H2,(H,24,27). The molecular weight excluding hydrogens is 350 g/mol. The van der Waals surface area contributed by atoms with Crippen molar-refractivity contribution in [3.8, 4) is 0 Å². The molecule has 0 aromatic heterocycles. The lowest BCUT2D eigenvalue weighted by Crippen LogP contribution is -2.50. The predicted octanol–water partition coefficient (Wildman–Crippen LogP) is 3.24. The second-order valence-electron chi connectivity index (χ2n) is 7.04. The molecule has 0 radical (unpaired) electrons. The van der Waals surface area contributed by atoms with E-state index in [1.165, 1.54) is 0 Å². The molecule has 3 aromatic rings. The Labute approximate surface area is 164 Å². The topological polar surface area (TPSA) is 52.7 Å². The maximum Gasteiger partial charge on any atom is 0.253 e. The van der Waals surface area contributed by atoms with Crippen molar-refractivity contribution in [2.75, 3.05) is 38.0 Å². The fraction of sp³-hybridized carbons (Fsp3) is 0.217. The number of carbonyl (C=O) groups excluding carboxylic acids is 2. The molecule has 1 heterocycles. The molecule has 1 aliphatic rings. The summed E-state index contributed by atoms with van der Waals surface area (Å²) in [6.07, 6.45) is 0. The third-order valence-electron chi connectivity index (χ3n) is 5.08. The van der Waals surface area contributed by atoms with Crippen LogP contribution in [0.2, 0.25) is 0 Å². The summed E-state index contributed by atoms with van der Waals surface area (Å²) < 4.78 is 0. The van der Waals surface area contributed by atoms with E-state index in [0.29, 0.717) is 38.3 Å². The number of nitrogens with one attached hydrogen (secondary N) is 1. The molecule has 0 unspecified atom stereocenters. The molecule has 4 rings (SSSR count). The molecule has 1 aliphatic heterocycles. The molecule has 1 N–H and O–H groups in total. The lowest BCUT2D eigenvalue weighted by molar-refractivity contribution is -0.117. The number of benzene rings is 3. The van der Waals surface area contributed by atoms with Gasteiger partial charge >= 0.3 is 0 Å². The zero-order chi connectivity index (χ0) is 19.3. The number of piperazine rings is 1. The highest BCUT2D eigenvalue weighted by molar-refractivity contribution is 5.96. The highest BCUT2D eigenvalue weighted by atomic mass is 16.2. The fourth-order valence-corrected chi connectivity index (χ4v) is 3.54. The highest BCUT2D eigenvalue weighted by Gasteiger charge is 2.23. The first kappa shape index (κ1) is 18.2. The average Bonchev–Trinajstić information content (AvgIpc) is 2.74. The third kappa shape index (κ3) is 4.21. The number of fused-ring (bicyclic) bond motifs is 1. The Hall–Kier alpha value is -3.18. The maximum absolute atomic E-state index is 12.5. The first-order valence-corrected chi connectivity index (χ1v) is 9.54. The van der Waals surface area contributed by atoms with Crippen molar-refractivity contribution in [3.05, 3.63) is 78.4 Å². The van der Waals surface area contributed by atoms with Gasteiger partial charge in [-0.15, -0.1) is 0 Å². The monoisotopic (exact) mass is 373 g/mol. The average molecular weight is 373 g/mol. The molecule has 1 fully saturated rings. The van der Waals surface area contributed by atoms with E-state index in [0.717, 1.165) is 16.5 Å². The van der Waals surface area contributed by atoms with Crippen LogP contribution in [0.3, 0.4) is 0 Å². The van der Waals surface area contributed by atoms with Gasteiger partial charge in [-0.1, -0.05) is 48.5 Å². The van der Waals surface area contributed by atoms with Gasteiger partial charge in [-0.2, -0.15) is 0 Å². The van der Waals surface area contributed by atoms with Crippen molar-refractivity contribution >= 4 is 28.3 Å². The molecule has 142 valence electrons. The van der Waals surface area contributed by atoms with Crippen LogP contribution in [0.5, 0.6) is 0 Å². The molecule has 0 saturated carbocycles. The van der Waals surface area contributed by atoms with Gasteiger partial charge in [-0.25, -0.2) is 0 Å². The predicted molar refractivity (Wildman–Crippen MR) is 111 cm³/mol. The number of carbonyl (C=O) groups is 2. The zero-order valence-electron chi connectivity index (χ0n) is 15.7. The quantitative estimate of drug-likeness (QED) is 0.764. The smallest absolute Gasteiger partial charge is 0.253 e. The molecule has 1 saturated heterocycles. The van der Waals surface area contributed by atoms with Crippen molar-refractivity contribution in [2.45, 2.75) is 0 Å². The van der Waals surface area contributed by atoms with Gasteiger partial charge in [0.05, 0.1) is 6.54 Å². The van der Waals surface area contributed by atoms with Gasteiger partial charge in [0, 0.05) is 37.4 Å². The summed E-state index contributed by atoms with van der Waals surface area (Å²) in [5.41, 5.74) is 1.52. The minimum Gasteiger partial charge on any atom is -0.336 e. The summed E-state index contributed by atoms with van der Waals surface area (Å²) in [6, 6.07) is 23.3. The van der Waals surface area contributed by atoms with E-state index in [-0.39, 0.29) is 11.8 Å². The minimum absolute atomic E-state index is 0.0295. The molecule has 0 bridgehead atoms. The molecule has 0 aliphatic carbocycles. The van der Waals surface area contributed by atoms with Gasteiger partial charge in [0.15, 0.2) is 0 Å². The summed E-state index contributed by atoms with van der Waals surface area (Å²) in [7, 11) is 0. The van der Waals surface area contributed by atoms with Crippen LogP contribution in [0.1, 0.15) is 10.4 Å². The third-order valence-corrected chi connectivity index (χ3v) is 5.08. The van der Waals surface area contributed by atoms with E-state index in [1.807, 2.05) is 71.6 Å². The summed E-state index contributed by atoms with van der Waals surface area (Å²) in [5.74, 6) is 0.0268. The number of hydrogen-bond acceptors (Lipinski definition) is 3. The van der Waals surface area contributed by atoms with Crippen molar-refractivity contribution in [3.63, 3.8) is 0 Å². The molecule has 0 spiro atoms. The van der Waals surface area contributed by atoms with E-state index in [1.54, 1.807) is 0 Å². The first-order valence-electron chi connectivity index (χ1n) is 9.54. The normalized spacial score (nSPS) is 14.8. The minimum atomic E-state index is -0.0295. The maximum atomic E-state index is 12.5. The number of anilines is 1. The van der Waals surface area contributed by atoms with Gasteiger partial charge in [-0.3, -0.25) is 14.5 Å². The van der Waals surface area contributed by atoms with Crippen LogP contribution in [-0.4, -0.2) is 54.3 Å². The lowest BCUT2D eigenvalue weighted by atomic mass is 10.1. The largest absolute Gasteiger partial charge is 0.336 e. The van der Waals surface area contributed by atoms with Crippen molar-refractivity contribution in [2.24, 2.45) is 0 Å². The molecule has 3 aromatic carbocycles. The van der Waals surface area contributed by atoms with E-state index in [9.17, 15) is 9.59 Å². The van der Waals surface area contributed by atoms with E-state index >= 15 is 0 Å². The zero-order valence-corrected chi connectivity index (χ0v) is 15.7. The molecular formula is C23H23N3O2. The van der Waals surface area contributed by atoms with E-state index < -0.39 is 0 Å².